The average molecular weight is 354 g/mol. The van der Waals surface area contributed by atoms with Crippen LogP contribution < -0.4 is 5.32 Å². The molecule has 0 fully saturated rings. The zero-order chi connectivity index (χ0) is 18.2. The summed E-state index contributed by atoms with van der Waals surface area (Å²) in [7, 11) is 0. The number of carbonyl (C=O) groups excluding carboxylic acids is 1. The van der Waals surface area contributed by atoms with Crippen LogP contribution in [0.4, 0.5) is 5.69 Å². The molecule has 2 heterocycles. The number of oxazole rings is 1. The maximum atomic E-state index is 12.6. The highest BCUT2D eigenvalue weighted by atomic mass is 16.3. The van der Waals surface area contributed by atoms with Gasteiger partial charge in [-0.3, -0.25) is 4.79 Å². The number of benzene rings is 3. The molecule has 6 heteroatoms. The molecule has 130 valence electrons. The molecule has 0 atom stereocenters. The summed E-state index contributed by atoms with van der Waals surface area (Å²) in [5.41, 5.74) is 5.14. The monoisotopic (exact) mass is 354 g/mol. The number of hydrogen-bond donors (Lipinski definition) is 2. The van der Waals surface area contributed by atoms with E-state index in [9.17, 15) is 4.79 Å². The fraction of sp³-hybridized carbons (Fsp3) is 0. The lowest BCUT2D eigenvalue weighted by Crippen LogP contribution is -2.12. The van der Waals surface area contributed by atoms with Gasteiger partial charge in [-0.2, -0.15) is 0 Å². The number of aromatic nitrogens is 3. The van der Waals surface area contributed by atoms with Gasteiger partial charge in [0.15, 0.2) is 12.0 Å². The van der Waals surface area contributed by atoms with Crippen molar-refractivity contribution < 1.29 is 9.21 Å². The van der Waals surface area contributed by atoms with E-state index in [1.165, 1.54) is 6.39 Å². The Morgan fingerprint density at radius 3 is 2.59 bits per heavy atom. The second-order valence-corrected chi connectivity index (χ2v) is 6.14. The van der Waals surface area contributed by atoms with Crippen molar-refractivity contribution in [3.8, 4) is 11.4 Å². The number of fused-ring (bicyclic) bond motifs is 2. The average Bonchev–Trinajstić information content (AvgIpc) is 3.35. The fourth-order valence-electron chi connectivity index (χ4n) is 3.06. The van der Waals surface area contributed by atoms with Crippen molar-refractivity contribution in [2.24, 2.45) is 0 Å². The predicted molar refractivity (Wildman–Crippen MR) is 103 cm³/mol. The van der Waals surface area contributed by atoms with E-state index < -0.39 is 0 Å². The molecule has 0 spiro atoms. The largest absolute Gasteiger partial charge is 0.443 e. The SMILES string of the molecule is O=C(Nc1ccc(-c2nc3ccccc3[nH]2)cc1)c1cccc2ncoc12. The lowest BCUT2D eigenvalue weighted by molar-refractivity contribution is 0.102. The highest BCUT2D eigenvalue weighted by molar-refractivity contribution is 6.10. The molecule has 0 saturated heterocycles. The van der Waals surface area contributed by atoms with Crippen LogP contribution in [0.3, 0.4) is 0 Å². The van der Waals surface area contributed by atoms with Gasteiger partial charge in [-0.05, 0) is 48.5 Å². The third kappa shape index (κ3) is 2.73. The Balaban J connectivity index is 1.40. The minimum atomic E-state index is -0.242. The van der Waals surface area contributed by atoms with Gasteiger partial charge in [-0.1, -0.05) is 18.2 Å². The molecule has 3 aromatic carbocycles. The molecule has 0 aliphatic rings. The van der Waals surface area contributed by atoms with Crippen LogP contribution >= 0.6 is 0 Å². The van der Waals surface area contributed by atoms with Gasteiger partial charge < -0.3 is 14.7 Å². The molecule has 2 N–H and O–H groups in total. The third-order valence-electron chi connectivity index (χ3n) is 4.41. The maximum absolute atomic E-state index is 12.6. The molecule has 0 saturated carbocycles. The van der Waals surface area contributed by atoms with Crippen molar-refractivity contribution in [2.75, 3.05) is 5.32 Å². The number of aromatic amines is 1. The number of anilines is 1. The standard InChI is InChI=1S/C21H14N4O2/c26-21(15-4-3-7-18-19(15)27-12-22-18)23-14-10-8-13(9-11-14)20-24-16-5-1-2-6-17(16)25-20/h1-12H,(H,23,26)(H,24,25). The highest BCUT2D eigenvalue weighted by Gasteiger charge is 2.13. The Bertz CT molecular complexity index is 1240. The first-order valence-corrected chi connectivity index (χ1v) is 8.47. The van der Waals surface area contributed by atoms with Gasteiger partial charge in [0.1, 0.15) is 11.3 Å². The molecule has 0 radical (unpaired) electrons. The molecular weight excluding hydrogens is 340 g/mol. The molecule has 5 rings (SSSR count). The number of imidazole rings is 1. The van der Waals surface area contributed by atoms with Crippen LogP contribution in [0.1, 0.15) is 10.4 Å². The van der Waals surface area contributed by atoms with E-state index in [0.29, 0.717) is 22.4 Å². The predicted octanol–water partition coefficient (Wildman–Crippen LogP) is 4.62. The van der Waals surface area contributed by atoms with Crippen molar-refractivity contribution in [1.82, 2.24) is 15.0 Å². The van der Waals surface area contributed by atoms with Gasteiger partial charge in [0.25, 0.3) is 5.91 Å². The fourth-order valence-corrected chi connectivity index (χ4v) is 3.06. The van der Waals surface area contributed by atoms with E-state index in [1.54, 1.807) is 18.2 Å². The van der Waals surface area contributed by atoms with Crippen molar-refractivity contribution in [2.45, 2.75) is 0 Å². The van der Waals surface area contributed by atoms with E-state index in [2.05, 4.69) is 20.3 Å². The van der Waals surface area contributed by atoms with E-state index in [-0.39, 0.29) is 5.91 Å². The first-order chi connectivity index (χ1) is 13.3. The summed E-state index contributed by atoms with van der Waals surface area (Å²) < 4.78 is 5.33. The number of carbonyl (C=O) groups is 1. The summed E-state index contributed by atoms with van der Waals surface area (Å²) in [6, 6.07) is 20.7. The molecule has 6 nitrogen and oxygen atoms in total. The number of hydrogen-bond acceptors (Lipinski definition) is 4. The molecular formula is C21H14N4O2. The van der Waals surface area contributed by atoms with Crippen LogP contribution in [-0.4, -0.2) is 20.9 Å². The Morgan fingerprint density at radius 1 is 0.926 bits per heavy atom. The van der Waals surface area contributed by atoms with Crippen LogP contribution in [-0.2, 0) is 0 Å². The summed E-state index contributed by atoms with van der Waals surface area (Å²) in [5.74, 6) is 0.550. The van der Waals surface area contributed by atoms with Crippen LogP contribution in [0.2, 0.25) is 0 Å². The van der Waals surface area contributed by atoms with Crippen LogP contribution in [0.15, 0.2) is 77.5 Å². The summed E-state index contributed by atoms with van der Waals surface area (Å²) in [4.78, 5) is 24.5. The number of rotatable bonds is 3. The Kier molecular flexibility index (Phi) is 3.47. The summed E-state index contributed by atoms with van der Waals surface area (Å²) >= 11 is 0. The summed E-state index contributed by atoms with van der Waals surface area (Å²) in [6.07, 6.45) is 1.34. The molecule has 5 aromatic rings. The maximum Gasteiger partial charge on any atom is 0.259 e. The van der Waals surface area contributed by atoms with E-state index >= 15 is 0 Å². The number of H-pyrrole nitrogens is 1. The van der Waals surface area contributed by atoms with Gasteiger partial charge in [0.05, 0.1) is 16.6 Å². The minimum absolute atomic E-state index is 0.242. The topological polar surface area (TPSA) is 83.8 Å². The van der Waals surface area contributed by atoms with E-state index in [4.69, 9.17) is 4.42 Å². The minimum Gasteiger partial charge on any atom is -0.443 e. The first kappa shape index (κ1) is 15.3. The smallest absolute Gasteiger partial charge is 0.259 e. The number of para-hydroxylation sites is 3. The second kappa shape index (κ2) is 6.10. The van der Waals surface area contributed by atoms with E-state index in [0.717, 1.165) is 22.4 Å². The van der Waals surface area contributed by atoms with Gasteiger partial charge >= 0.3 is 0 Å². The molecule has 0 aliphatic heterocycles. The molecule has 27 heavy (non-hydrogen) atoms. The normalized spacial score (nSPS) is 11.1. The van der Waals surface area contributed by atoms with Gasteiger partial charge in [0, 0.05) is 11.3 Å². The number of nitrogens with zero attached hydrogens (tertiary/aromatic N) is 2. The quantitative estimate of drug-likeness (QED) is 0.495. The summed E-state index contributed by atoms with van der Waals surface area (Å²) in [5, 5.41) is 2.89. The van der Waals surface area contributed by atoms with Crippen LogP contribution in [0.5, 0.6) is 0 Å². The lowest BCUT2D eigenvalue weighted by Gasteiger charge is -2.06. The highest BCUT2D eigenvalue weighted by Crippen LogP contribution is 2.23. The van der Waals surface area contributed by atoms with Gasteiger partial charge in [-0.25, -0.2) is 9.97 Å². The first-order valence-electron chi connectivity index (χ1n) is 8.47. The van der Waals surface area contributed by atoms with Crippen molar-refractivity contribution >= 4 is 33.7 Å². The van der Waals surface area contributed by atoms with E-state index in [1.807, 2.05) is 48.5 Å². The number of nitrogens with one attached hydrogen (secondary N) is 2. The Labute approximate surface area is 153 Å². The molecule has 0 aliphatic carbocycles. The summed E-state index contributed by atoms with van der Waals surface area (Å²) in [6.45, 7) is 0. The van der Waals surface area contributed by atoms with Crippen LogP contribution in [0.25, 0.3) is 33.5 Å². The molecule has 1 amide bonds. The van der Waals surface area contributed by atoms with Crippen molar-refractivity contribution in [1.29, 1.82) is 0 Å². The Morgan fingerprint density at radius 2 is 1.74 bits per heavy atom. The third-order valence-corrected chi connectivity index (χ3v) is 4.41. The Hall–Kier alpha value is -3.93. The molecule has 0 unspecified atom stereocenters. The van der Waals surface area contributed by atoms with Gasteiger partial charge in [0.2, 0.25) is 0 Å². The zero-order valence-corrected chi connectivity index (χ0v) is 14.1. The van der Waals surface area contributed by atoms with Crippen LogP contribution in [0, 0.1) is 0 Å². The van der Waals surface area contributed by atoms with Crippen molar-refractivity contribution in [3.63, 3.8) is 0 Å². The molecule has 0 bridgehead atoms. The van der Waals surface area contributed by atoms with Gasteiger partial charge in [-0.15, -0.1) is 0 Å². The zero-order valence-electron chi connectivity index (χ0n) is 14.1. The van der Waals surface area contributed by atoms with Crippen molar-refractivity contribution in [3.05, 3.63) is 78.7 Å². The second-order valence-electron chi connectivity index (χ2n) is 6.14. The lowest BCUT2D eigenvalue weighted by atomic mass is 10.1. The molecule has 2 aromatic heterocycles. The number of amides is 1.